The number of thioether (sulfide) groups is 1. The lowest BCUT2D eigenvalue weighted by Crippen LogP contribution is -2.27. The van der Waals surface area contributed by atoms with Gasteiger partial charge < -0.3 is 0 Å². The maximum Gasteiger partial charge on any atom is 0.270 e. The van der Waals surface area contributed by atoms with E-state index in [4.69, 9.17) is 23.8 Å². The van der Waals surface area contributed by atoms with Crippen molar-refractivity contribution >= 4 is 68.9 Å². The van der Waals surface area contributed by atoms with Gasteiger partial charge in [0.1, 0.15) is 0 Å². The second-order valence-electron chi connectivity index (χ2n) is 4.01. The SMILES string of the molecule is O=C1/C(=C/c2cccs2)SC(=S)N1c1cccc(Cl)c1. The molecular formula is C14H8ClNOS3. The third-order valence-electron chi connectivity index (χ3n) is 2.68. The molecule has 1 aromatic carbocycles. The molecule has 0 aliphatic carbocycles. The number of rotatable bonds is 2. The van der Waals surface area contributed by atoms with Crippen LogP contribution in [-0.2, 0) is 4.79 Å². The van der Waals surface area contributed by atoms with Crippen LogP contribution in [0.15, 0.2) is 46.7 Å². The average molecular weight is 338 g/mol. The van der Waals surface area contributed by atoms with E-state index in [1.165, 1.54) is 16.7 Å². The average Bonchev–Trinajstić information content (AvgIpc) is 2.99. The molecule has 0 spiro atoms. The highest BCUT2D eigenvalue weighted by Crippen LogP contribution is 2.37. The van der Waals surface area contributed by atoms with Crippen LogP contribution in [0.3, 0.4) is 0 Å². The molecule has 1 fully saturated rings. The van der Waals surface area contributed by atoms with Crippen molar-refractivity contribution in [1.82, 2.24) is 0 Å². The summed E-state index contributed by atoms with van der Waals surface area (Å²) < 4.78 is 0.528. The first-order valence-corrected chi connectivity index (χ1v) is 8.20. The Hall–Kier alpha value is -1.14. The number of hydrogen-bond acceptors (Lipinski definition) is 4. The van der Waals surface area contributed by atoms with Gasteiger partial charge >= 0.3 is 0 Å². The third kappa shape index (κ3) is 2.67. The summed E-state index contributed by atoms with van der Waals surface area (Å²) in [7, 11) is 0. The summed E-state index contributed by atoms with van der Waals surface area (Å²) in [5.74, 6) is -0.101. The number of anilines is 1. The minimum absolute atomic E-state index is 0.101. The number of benzene rings is 1. The highest BCUT2D eigenvalue weighted by Gasteiger charge is 2.33. The number of hydrogen-bond donors (Lipinski definition) is 0. The zero-order valence-electron chi connectivity index (χ0n) is 10.1. The Balaban J connectivity index is 1.95. The molecule has 0 saturated carbocycles. The van der Waals surface area contributed by atoms with E-state index in [0.29, 0.717) is 19.9 Å². The van der Waals surface area contributed by atoms with Gasteiger partial charge in [0.25, 0.3) is 5.91 Å². The number of carbonyl (C=O) groups excluding carboxylic acids is 1. The fourth-order valence-corrected chi connectivity index (χ4v) is 4.01. The minimum Gasteiger partial charge on any atom is -0.268 e. The first kappa shape index (κ1) is 13.8. The lowest BCUT2D eigenvalue weighted by Gasteiger charge is -2.14. The molecule has 1 amide bonds. The number of thiocarbonyl (C=S) groups is 1. The molecule has 2 nitrogen and oxygen atoms in total. The van der Waals surface area contributed by atoms with E-state index < -0.39 is 0 Å². The third-order valence-corrected chi connectivity index (χ3v) is 5.03. The summed E-state index contributed by atoms with van der Waals surface area (Å²) in [4.78, 5) is 15.7. The van der Waals surface area contributed by atoms with Crippen LogP contribution < -0.4 is 4.90 Å². The molecule has 0 atom stereocenters. The van der Waals surface area contributed by atoms with E-state index in [9.17, 15) is 4.79 Å². The molecular weight excluding hydrogens is 330 g/mol. The standard InChI is InChI=1S/C14H8ClNOS3/c15-9-3-1-4-10(7-9)16-13(17)12(20-14(16)18)8-11-5-2-6-19-11/h1-8H/b12-8-. The van der Waals surface area contributed by atoms with Gasteiger partial charge in [0.05, 0.1) is 10.6 Å². The highest BCUT2D eigenvalue weighted by molar-refractivity contribution is 8.27. The molecule has 100 valence electrons. The molecule has 1 aliphatic rings. The quantitative estimate of drug-likeness (QED) is 0.579. The summed E-state index contributed by atoms with van der Waals surface area (Å²) >= 11 is 14.2. The van der Waals surface area contributed by atoms with Gasteiger partial charge in [-0.2, -0.15) is 0 Å². The number of carbonyl (C=O) groups is 1. The largest absolute Gasteiger partial charge is 0.270 e. The fraction of sp³-hybridized carbons (Fsp3) is 0. The second-order valence-corrected chi connectivity index (χ2v) is 7.10. The molecule has 2 heterocycles. The van der Waals surface area contributed by atoms with Gasteiger partial charge in [0.2, 0.25) is 0 Å². The van der Waals surface area contributed by atoms with Gasteiger partial charge in [0.15, 0.2) is 4.32 Å². The molecule has 1 aromatic heterocycles. The van der Waals surface area contributed by atoms with Crippen LogP contribution in [-0.4, -0.2) is 10.2 Å². The van der Waals surface area contributed by atoms with Crippen LogP contribution in [0.2, 0.25) is 5.02 Å². The fourth-order valence-electron chi connectivity index (χ4n) is 1.81. The molecule has 0 bridgehead atoms. The lowest BCUT2D eigenvalue weighted by atomic mass is 10.3. The van der Waals surface area contributed by atoms with Crippen molar-refractivity contribution in [2.45, 2.75) is 0 Å². The molecule has 3 rings (SSSR count). The van der Waals surface area contributed by atoms with Crippen molar-refractivity contribution in [3.05, 3.63) is 56.6 Å². The van der Waals surface area contributed by atoms with Crippen LogP contribution in [0.4, 0.5) is 5.69 Å². The summed E-state index contributed by atoms with van der Waals surface area (Å²) in [5, 5.41) is 2.56. The van der Waals surface area contributed by atoms with Crippen LogP contribution in [0.1, 0.15) is 4.88 Å². The lowest BCUT2D eigenvalue weighted by molar-refractivity contribution is -0.113. The number of amides is 1. The Morgan fingerprint density at radius 2 is 2.10 bits per heavy atom. The summed E-state index contributed by atoms with van der Waals surface area (Å²) in [6.07, 6.45) is 1.87. The molecule has 0 N–H and O–H groups in total. The maximum atomic E-state index is 12.5. The van der Waals surface area contributed by atoms with Crippen molar-refractivity contribution in [3.8, 4) is 0 Å². The normalized spacial score (nSPS) is 17.2. The predicted octanol–water partition coefficient (Wildman–Crippen LogP) is 4.81. The van der Waals surface area contributed by atoms with Gasteiger partial charge in [-0.05, 0) is 35.7 Å². The van der Waals surface area contributed by atoms with E-state index in [0.717, 1.165) is 4.88 Å². The van der Waals surface area contributed by atoms with Gasteiger partial charge in [-0.15, -0.1) is 11.3 Å². The van der Waals surface area contributed by atoms with E-state index in [2.05, 4.69) is 0 Å². The molecule has 1 saturated heterocycles. The van der Waals surface area contributed by atoms with Crippen LogP contribution in [0.5, 0.6) is 0 Å². The number of halogens is 1. The molecule has 0 radical (unpaired) electrons. The molecule has 1 aliphatic heterocycles. The first-order chi connectivity index (χ1) is 9.65. The van der Waals surface area contributed by atoms with Gasteiger partial charge in [-0.1, -0.05) is 47.7 Å². The van der Waals surface area contributed by atoms with Gasteiger partial charge in [-0.25, -0.2) is 0 Å². The van der Waals surface area contributed by atoms with Crippen LogP contribution >= 0.6 is 46.9 Å². The Morgan fingerprint density at radius 3 is 2.80 bits per heavy atom. The Morgan fingerprint density at radius 1 is 1.25 bits per heavy atom. The van der Waals surface area contributed by atoms with Crippen molar-refractivity contribution in [2.75, 3.05) is 4.90 Å². The molecule has 2 aromatic rings. The van der Waals surface area contributed by atoms with Crippen molar-refractivity contribution in [2.24, 2.45) is 0 Å². The monoisotopic (exact) mass is 337 g/mol. The Labute approximate surface area is 135 Å². The van der Waals surface area contributed by atoms with Gasteiger partial charge in [0, 0.05) is 9.90 Å². The summed E-state index contributed by atoms with van der Waals surface area (Å²) in [6.45, 7) is 0. The number of thiophene rings is 1. The Kier molecular flexibility index (Phi) is 3.94. The topological polar surface area (TPSA) is 20.3 Å². The van der Waals surface area contributed by atoms with Gasteiger partial charge in [-0.3, -0.25) is 9.69 Å². The molecule has 20 heavy (non-hydrogen) atoms. The predicted molar refractivity (Wildman–Crippen MR) is 91.4 cm³/mol. The highest BCUT2D eigenvalue weighted by atomic mass is 35.5. The van der Waals surface area contributed by atoms with E-state index in [1.807, 2.05) is 29.7 Å². The molecule has 0 unspecified atom stereocenters. The Bertz CT molecular complexity index is 709. The maximum absolute atomic E-state index is 12.5. The summed E-state index contributed by atoms with van der Waals surface area (Å²) in [6, 6.07) is 11.1. The molecule has 6 heteroatoms. The smallest absolute Gasteiger partial charge is 0.268 e. The second kappa shape index (κ2) is 5.69. The van der Waals surface area contributed by atoms with E-state index in [1.54, 1.807) is 29.5 Å². The van der Waals surface area contributed by atoms with Crippen LogP contribution in [0, 0.1) is 0 Å². The van der Waals surface area contributed by atoms with Crippen LogP contribution in [0.25, 0.3) is 6.08 Å². The minimum atomic E-state index is -0.101. The van der Waals surface area contributed by atoms with E-state index in [-0.39, 0.29) is 5.91 Å². The summed E-state index contributed by atoms with van der Waals surface area (Å²) in [5.41, 5.74) is 0.703. The zero-order valence-corrected chi connectivity index (χ0v) is 13.3. The zero-order chi connectivity index (χ0) is 14.1. The van der Waals surface area contributed by atoms with E-state index >= 15 is 0 Å². The first-order valence-electron chi connectivity index (χ1n) is 5.72. The van der Waals surface area contributed by atoms with Crippen molar-refractivity contribution in [1.29, 1.82) is 0 Å². The van der Waals surface area contributed by atoms with Crippen molar-refractivity contribution in [3.63, 3.8) is 0 Å². The number of nitrogens with zero attached hydrogens (tertiary/aromatic N) is 1. The van der Waals surface area contributed by atoms with Crippen molar-refractivity contribution < 1.29 is 4.79 Å².